The van der Waals surface area contributed by atoms with Crippen LogP contribution in [0.2, 0.25) is 0 Å². The summed E-state index contributed by atoms with van der Waals surface area (Å²) in [4.78, 5) is 12.5. The minimum Gasteiger partial charge on any atom is -0.394 e. The molecule has 0 saturated heterocycles. The number of nitrogens with two attached hydrogens (primary N) is 1. The molecule has 0 aromatic heterocycles. The van der Waals surface area contributed by atoms with Crippen LogP contribution >= 0.6 is 0 Å². The molecule has 2 rings (SSSR count). The molecule has 19 heavy (non-hydrogen) atoms. The van der Waals surface area contributed by atoms with Crippen LogP contribution < -0.4 is 11.1 Å². The summed E-state index contributed by atoms with van der Waals surface area (Å²) in [5.41, 5.74) is 5.37. The summed E-state index contributed by atoms with van der Waals surface area (Å²) in [6.45, 7) is 2.86. The van der Waals surface area contributed by atoms with Crippen LogP contribution in [0, 0.1) is 17.8 Å². The van der Waals surface area contributed by atoms with Crippen molar-refractivity contribution in [1.82, 2.24) is 5.32 Å². The van der Waals surface area contributed by atoms with Crippen LogP contribution in [0.3, 0.4) is 0 Å². The molecule has 4 N–H and O–H groups in total. The van der Waals surface area contributed by atoms with Gasteiger partial charge in [-0.05, 0) is 44.1 Å². The van der Waals surface area contributed by atoms with Crippen molar-refractivity contribution in [1.29, 1.82) is 0 Å². The molecule has 4 unspecified atom stereocenters. The summed E-state index contributed by atoms with van der Waals surface area (Å²) in [6.07, 6.45) is 7.21. The predicted molar refractivity (Wildman–Crippen MR) is 75.5 cm³/mol. The quantitative estimate of drug-likeness (QED) is 0.722. The number of rotatable bonds is 4. The zero-order valence-corrected chi connectivity index (χ0v) is 12.0. The summed E-state index contributed by atoms with van der Waals surface area (Å²) in [5.74, 6) is 1.09. The van der Waals surface area contributed by atoms with Crippen molar-refractivity contribution in [3.8, 4) is 0 Å². The predicted octanol–water partition coefficient (Wildman–Crippen LogP) is 1.42. The maximum absolute atomic E-state index is 12.5. The molecule has 0 aromatic rings. The van der Waals surface area contributed by atoms with Gasteiger partial charge >= 0.3 is 0 Å². The number of nitrogens with one attached hydrogen (secondary N) is 1. The van der Waals surface area contributed by atoms with Gasteiger partial charge in [-0.2, -0.15) is 0 Å². The number of amides is 1. The second kappa shape index (κ2) is 6.23. The van der Waals surface area contributed by atoms with Crippen molar-refractivity contribution in [2.45, 2.75) is 57.4 Å². The maximum Gasteiger partial charge on any atom is 0.223 e. The molecule has 1 amide bonds. The van der Waals surface area contributed by atoms with Gasteiger partial charge in [0, 0.05) is 5.92 Å². The summed E-state index contributed by atoms with van der Waals surface area (Å²) >= 11 is 0. The number of aliphatic hydroxyl groups is 1. The molecule has 2 fully saturated rings. The number of hydrogen-bond donors (Lipinski definition) is 3. The highest BCUT2D eigenvalue weighted by Crippen LogP contribution is 2.35. The Labute approximate surface area is 116 Å². The lowest BCUT2D eigenvalue weighted by Crippen LogP contribution is -2.55. The number of carbonyl (C=O) groups is 1. The Hall–Kier alpha value is -0.610. The van der Waals surface area contributed by atoms with Crippen molar-refractivity contribution >= 4 is 5.91 Å². The van der Waals surface area contributed by atoms with Gasteiger partial charge in [0.2, 0.25) is 5.91 Å². The van der Waals surface area contributed by atoms with E-state index in [4.69, 9.17) is 5.73 Å². The van der Waals surface area contributed by atoms with Crippen LogP contribution in [0.5, 0.6) is 0 Å². The fourth-order valence-electron chi connectivity index (χ4n) is 3.97. The second-order valence-electron chi connectivity index (χ2n) is 6.66. The van der Waals surface area contributed by atoms with Crippen molar-refractivity contribution in [3.05, 3.63) is 0 Å². The van der Waals surface area contributed by atoms with Gasteiger partial charge in [-0.25, -0.2) is 0 Å². The van der Waals surface area contributed by atoms with Crippen LogP contribution in [0.25, 0.3) is 0 Å². The van der Waals surface area contributed by atoms with Gasteiger partial charge in [0.1, 0.15) is 0 Å². The molecule has 4 atom stereocenters. The smallest absolute Gasteiger partial charge is 0.223 e. The largest absolute Gasteiger partial charge is 0.394 e. The first-order valence-corrected chi connectivity index (χ1v) is 7.73. The van der Waals surface area contributed by atoms with E-state index in [0.29, 0.717) is 18.4 Å². The van der Waals surface area contributed by atoms with Crippen LogP contribution in [0.4, 0.5) is 0 Å². The van der Waals surface area contributed by atoms with E-state index < -0.39 is 0 Å². The van der Waals surface area contributed by atoms with E-state index in [1.807, 2.05) is 0 Å². The Morgan fingerprint density at radius 3 is 2.79 bits per heavy atom. The molecule has 2 aliphatic rings. The van der Waals surface area contributed by atoms with Crippen molar-refractivity contribution in [2.24, 2.45) is 23.5 Å². The first kappa shape index (κ1) is 14.8. The Bertz CT molecular complexity index is 321. The molecule has 0 aliphatic heterocycles. The van der Waals surface area contributed by atoms with Gasteiger partial charge in [-0.3, -0.25) is 4.79 Å². The van der Waals surface area contributed by atoms with Gasteiger partial charge in [0.05, 0.1) is 12.1 Å². The van der Waals surface area contributed by atoms with Crippen molar-refractivity contribution < 1.29 is 9.90 Å². The molecule has 4 heteroatoms. The van der Waals surface area contributed by atoms with Crippen molar-refractivity contribution in [2.75, 3.05) is 13.2 Å². The molecular formula is C15H28N2O2. The highest BCUT2D eigenvalue weighted by molar-refractivity contribution is 5.80. The van der Waals surface area contributed by atoms with Crippen LogP contribution in [0.1, 0.15) is 51.9 Å². The molecule has 4 nitrogen and oxygen atoms in total. The van der Waals surface area contributed by atoms with Gasteiger partial charge in [-0.1, -0.05) is 26.2 Å². The molecule has 0 spiro atoms. The van der Waals surface area contributed by atoms with E-state index in [0.717, 1.165) is 38.5 Å². The molecule has 2 saturated carbocycles. The zero-order chi connectivity index (χ0) is 13.9. The number of aliphatic hydroxyl groups excluding tert-OH is 1. The SMILES string of the molecule is CC1CCCC(CO)(NC(=O)C2CCCC2CN)C1. The fraction of sp³-hybridized carbons (Fsp3) is 0.933. The monoisotopic (exact) mass is 268 g/mol. The Morgan fingerprint density at radius 2 is 2.16 bits per heavy atom. The van der Waals surface area contributed by atoms with Crippen molar-refractivity contribution in [3.63, 3.8) is 0 Å². The molecule has 0 radical (unpaired) electrons. The van der Waals surface area contributed by atoms with Gasteiger partial charge < -0.3 is 16.2 Å². The fourth-order valence-corrected chi connectivity index (χ4v) is 3.97. The summed E-state index contributed by atoms with van der Waals surface area (Å²) in [5, 5.41) is 12.9. The Kier molecular flexibility index (Phi) is 4.85. The summed E-state index contributed by atoms with van der Waals surface area (Å²) in [7, 11) is 0. The van der Waals surface area contributed by atoms with Gasteiger partial charge in [0.25, 0.3) is 0 Å². The molecule has 110 valence electrons. The minimum atomic E-state index is -0.378. The molecular weight excluding hydrogens is 240 g/mol. The third-order valence-electron chi connectivity index (χ3n) is 5.08. The molecule has 2 aliphatic carbocycles. The first-order chi connectivity index (χ1) is 9.10. The molecule has 0 heterocycles. The van der Waals surface area contributed by atoms with E-state index >= 15 is 0 Å². The van der Waals surface area contributed by atoms with Gasteiger partial charge in [-0.15, -0.1) is 0 Å². The second-order valence-corrected chi connectivity index (χ2v) is 6.66. The Balaban J connectivity index is 1.99. The minimum absolute atomic E-state index is 0.0586. The highest BCUT2D eigenvalue weighted by Gasteiger charge is 2.39. The first-order valence-electron chi connectivity index (χ1n) is 7.73. The van der Waals surface area contributed by atoms with E-state index in [1.165, 1.54) is 6.42 Å². The van der Waals surface area contributed by atoms with E-state index in [1.54, 1.807) is 0 Å². The number of carbonyl (C=O) groups excluding carboxylic acids is 1. The average Bonchev–Trinajstić information content (AvgIpc) is 2.87. The normalized spacial score (nSPS) is 39.2. The Morgan fingerprint density at radius 1 is 1.37 bits per heavy atom. The van der Waals surface area contributed by atoms with E-state index in [9.17, 15) is 9.90 Å². The maximum atomic E-state index is 12.5. The lowest BCUT2D eigenvalue weighted by atomic mass is 9.76. The lowest BCUT2D eigenvalue weighted by molar-refractivity contribution is -0.129. The molecule has 0 bridgehead atoms. The highest BCUT2D eigenvalue weighted by atomic mass is 16.3. The van der Waals surface area contributed by atoms with E-state index in [-0.39, 0.29) is 24.0 Å². The van der Waals surface area contributed by atoms with Crippen LogP contribution in [-0.4, -0.2) is 29.7 Å². The summed E-state index contributed by atoms with van der Waals surface area (Å²) in [6, 6.07) is 0. The van der Waals surface area contributed by atoms with E-state index in [2.05, 4.69) is 12.2 Å². The topological polar surface area (TPSA) is 75.3 Å². The van der Waals surface area contributed by atoms with Gasteiger partial charge in [0.15, 0.2) is 0 Å². The number of hydrogen-bond acceptors (Lipinski definition) is 3. The van der Waals surface area contributed by atoms with Crippen LogP contribution in [0.15, 0.2) is 0 Å². The lowest BCUT2D eigenvalue weighted by Gasteiger charge is -2.40. The zero-order valence-electron chi connectivity index (χ0n) is 12.0. The third kappa shape index (κ3) is 3.29. The molecule has 0 aromatic carbocycles. The summed E-state index contributed by atoms with van der Waals surface area (Å²) < 4.78 is 0. The average molecular weight is 268 g/mol. The third-order valence-corrected chi connectivity index (χ3v) is 5.08. The van der Waals surface area contributed by atoms with Crippen LogP contribution in [-0.2, 0) is 4.79 Å². The standard InChI is InChI=1S/C15H28N2O2/c1-11-4-3-7-15(8-11,10-18)17-14(19)13-6-2-5-12(13)9-16/h11-13,18H,2-10,16H2,1H3,(H,17,19).